The normalized spacial score (nSPS) is 13.3. The maximum Gasteiger partial charge on any atom is 0.416 e. The molecule has 1 heterocycles. The lowest BCUT2D eigenvalue weighted by molar-refractivity contribution is -0.688. The van der Waals surface area contributed by atoms with Gasteiger partial charge in [0.15, 0.2) is 19.4 Å². The zero-order valence-electron chi connectivity index (χ0n) is 38.1. The lowest BCUT2D eigenvalue weighted by Crippen LogP contribution is -2.75. The summed E-state index contributed by atoms with van der Waals surface area (Å²) in [5.41, 5.74) is -28.7. The molecular weight excluding hydrogens is 1120 g/mol. The third kappa shape index (κ3) is 13.2. The molecule has 0 saturated carbocycles. The highest BCUT2D eigenvalue weighted by atomic mass is 19.4. The van der Waals surface area contributed by atoms with Crippen LogP contribution in [0.5, 0.6) is 0 Å². The van der Waals surface area contributed by atoms with Crippen LogP contribution < -0.4 is 26.4 Å². The number of nitrogens with zero attached hydrogens (tertiary/aromatic N) is 1. The molecule has 7 rings (SSSR count). The molecule has 0 aliphatic rings. The average Bonchev–Trinajstić information content (AvgIpc) is 3.33. The number of alkyl halides is 25. The maximum atomic E-state index is 14.2. The Labute approximate surface area is 421 Å². The van der Waals surface area contributed by atoms with Crippen LogP contribution in [0, 0.1) is 0 Å². The third-order valence-electron chi connectivity index (χ3n) is 12.0. The van der Waals surface area contributed by atoms with Gasteiger partial charge in [0, 0.05) is 11.6 Å². The lowest BCUT2D eigenvalue weighted by atomic mass is 9.12. The molecule has 0 unspecified atom stereocenters. The molecule has 2 nitrogen and oxygen atoms in total. The highest BCUT2D eigenvalue weighted by molar-refractivity contribution is 7.20. The fourth-order valence-electron chi connectivity index (χ4n) is 8.61. The molecule has 0 spiro atoms. The fraction of sp³-hybridized carbons (Fsp3) is 0.200. The molecule has 7 aromatic rings. The van der Waals surface area contributed by atoms with Crippen LogP contribution in [0.2, 0.25) is 0 Å². The number of ketones is 1. The van der Waals surface area contributed by atoms with Crippen LogP contribution in [0.1, 0.15) is 60.6 Å². The summed E-state index contributed by atoms with van der Waals surface area (Å²) in [4.78, 5) is 12.0. The number of benzene rings is 6. The Kier molecular flexibility index (Phi) is 16.0. The molecule has 28 heteroatoms. The first-order valence-corrected chi connectivity index (χ1v) is 21.5. The molecule has 416 valence electrons. The summed E-state index contributed by atoms with van der Waals surface area (Å²) in [6.07, 6.45) is -53.0. The van der Waals surface area contributed by atoms with Crippen LogP contribution in [0.3, 0.4) is 0 Å². The summed E-state index contributed by atoms with van der Waals surface area (Å²) in [6.45, 7) is -0.435. The Morgan fingerprint density at radius 1 is 0.359 bits per heavy atom. The number of pyridine rings is 1. The van der Waals surface area contributed by atoms with Crippen LogP contribution in [-0.4, -0.2) is 18.6 Å². The second-order valence-electron chi connectivity index (χ2n) is 17.1. The zero-order valence-corrected chi connectivity index (χ0v) is 38.1. The molecule has 78 heavy (non-hydrogen) atoms. The standard InChI is InChI=1S/C32H12BF24.C18H15FNO/c34-25(35,36)13-1-14(26(37,38)39)6-21(5-13)33(22-7-15(27(40,41)42)2-16(8-22)28(43,44)45,23-9-17(29(46,47)48)3-18(10-23)30(49,50)51)24-11-19(31(52,53)54)4-20(12-24)32(55,56)57;19-12-17(21)18-16-9-5-4-8-15(16)10-11-20(18)13-14-6-2-1-3-7-14/h1-12H;1-11H,12-13H2/q-1;+1. The Morgan fingerprint density at radius 2 is 0.628 bits per heavy atom. The molecular formula is C50H27BF25NO. The first-order chi connectivity index (χ1) is 35.6. The van der Waals surface area contributed by atoms with E-state index in [1.807, 2.05) is 71.4 Å². The zero-order chi connectivity index (χ0) is 58.6. The number of carbonyl (C=O) groups excluding carboxylic acids is 1. The van der Waals surface area contributed by atoms with Crippen molar-refractivity contribution >= 4 is 44.6 Å². The number of hydrogen-bond acceptors (Lipinski definition) is 1. The van der Waals surface area contributed by atoms with E-state index in [1.54, 1.807) is 0 Å². The van der Waals surface area contributed by atoms with E-state index in [0.29, 0.717) is 12.2 Å². The van der Waals surface area contributed by atoms with E-state index in [-0.39, 0.29) is 0 Å². The molecule has 0 radical (unpaired) electrons. The van der Waals surface area contributed by atoms with Gasteiger partial charge in [0.1, 0.15) is 6.15 Å². The Morgan fingerprint density at radius 3 is 0.897 bits per heavy atom. The number of fused-ring (bicyclic) bond motifs is 1. The largest absolute Gasteiger partial charge is 0.416 e. The van der Waals surface area contributed by atoms with Crippen LogP contribution in [0.4, 0.5) is 110 Å². The molecule has 0 aliphatic heterocycles. The highest BCUT2D eigenvalue weighted by Gasteiger charge is 2.47. The first-order valence-electron chi connectivity index (χ1n) is 21.5. The smallest absolute Gasteiger partial charge is 0.284 e. The van der Waals surface area contributed by atoms with E-state index in [1.165, 1.54) is 0 Å². The molecule has 6 aromatic carbocycles. The Hall–Kier alpha value is -7.29. The average molecular weight is 1140 g/mol. The van der Waals surface area contributed by atoms with Crippen molar-refractivity contribution in [2.45, 2.75) is 56.0 Å². The van der Waals surface area contributed by atoms with Crippen molar-refractivity contribution in [3.8, 4) is 0 Å². The second kappa shape index (κ2) is 20.8. The summed E-state index contributed by atoms with van der Waals surface area (Å²) in [5, 5.41) is 1.73. The minimum Gasteiger partial charge on any atom is -0.284 e. The van der Waals surface area contributed by atoms with Crippen molar-refractivity contribution in [2.24, 2.45) is 0 Å². The van der Waals surface area contributed by atoms with Gasteiger partial charge >= 0.3 is 49.4 Å². The van der Waals surface area contributed by atoms with E-state index >= 15 is 0 Å². The summed E-state index contributed by atoms with van der Waals surface area (Å²) < 4.78 is 356. The van der Waals surface area contributed by atoms with Crippen molar-refractivity contribution in [1.82, 2.24) is 0 Å². The quantitative estimate of drug-likeness (QED) is 0.0643. The number of carbonyl (C=O) groups is 1. The maximum absolute atomic E-state index is 14.2. The SMILES string of the molecule is FC(F)(F)c1cc([B-](c2cc(C(F)(F)F)cc(C(F)(F)F)c2)(c2cc(C(F)(F)F)cc(C(F)(F)F)c2)c2cc(C(F)(F)F)cc(C(F)(F)F)c2)cc(C(F)(F)F)c1.O=C(CF)c1c2ccccc2cc[n+]1Cc1ccccc1. The predicted molar refractivity (Wildman–Crippen MR) is 230 cm³/mol. The minimum atomic E-state index is -6.13. The lowest BCUT2D eigenvalue weighted by Gasteiger charge is -2.46. The number of aromatic nitrogens is 1. The molecule has 0 N–H and O–H groups in total. The van der Waals surface area contributed by atoms with Gasteiger partial charge in [0.05, 0.1) is 49.9 Å². The van der Waals surface area contributed by atoms with Gasteiger partial charge in [-0.3, -0.25) is 4.79 Å². The van der Waals surface area contributed by atoms with Crippen LogP contribution >= 0.6 is 0 Å². The van der Waals surface area contributed by atoms with E-state index < -0.39 is 207 Å². The van der Waals surface area contributed by atoms with Gasteiger partial charge in [-0.25, -0.2) is 4.39 Å². The molecule has 0 fully saturated rings. The van der Waals surface area contributed by atoms with Gasteiger partial charge in [-0.1, -0.05) is 97.1 Å². The van der Waals surface area contributed by atoms with E-state index in [9.17, 15) is 115 Å². The van der Waals surface area contributed by atoms with Gasteiger partial charge in [0.25, 0.3) is 11.5 Å². The Bertz CT molecular complexity index is 2890. The summed E-state index contributed by atoms with van der Waals surface area (Å²) in [6, 6.07) is 10.5. The minimum absolute atomic E-state index is 0.430. The van der Waals surface area contributed by atoms with Crippen molar-refractivity contribution in [2.75, 3.05) is 6.67 Å². The van der Waals surface area contributed by atoms with Gasteiger partial charge in [-0.15, -0.1) is 0 Å². The predicted octanol–water partition coefficient (Wildman–Crippen LogP) is 14.5. The van der Waals surface area contributed by atoms with E-state index in [0.717, 1.165) is 16.3 Å². The van der Waals surface area contributed by atoms with Crippen molar-refractivity contribution < 1.29 is 119 Å². The van der Waals surface area contributed by atoms with Crippen LogP contribution in [0.25, 0.3) is 10.8 Å². The molecule has 0 saturated heterocycles. The molecule has 0 atom stereocenters. The Balaban J connectivity index is 0.000000387. The van der Waals surface area contributed by atoms with Crippen LogP contribution in [-0.2, 0) is 56.0 Å². The van der Waals surface area contributed by atoms with Crippen molar-refractivity contribution in [3.05, 3.63) is 195 Å². The number of Topliss-reactive ketones (excluding diaryl/α,β-unsaturated/α-hetero) is 1. The van der Waals surface area contributed by atoms with Gasteiger partial charge in [-0.2, -0.15) is 132 Å². The van der Waals surface area contributed by atoms with E-state index in [4.69, 9.17) is 0 Å². The summed E-state index contributed by atoms with van der Waals surface area (Å²) in [7, 11) is 0. The third-order valence-corrected chi connectivity index (χ3v) is 12.0. The summed E-state index contributed by atoms with van der Waals surface area (Å²) >= 11 is 0. The fourth-order valence-corrected chi connectivity index (χ4v) is 8.61. The second-order valence-corrected chi connectivity index (χ2v) is 17.1. The van der Waals surface area contributed by atoms with Crippen LogP contribution in [0.15, 0.2) is 140 Å². The van der Waals surface area contributed by atoms with Crippen molar-refractivity contribution in [1.29, 1.82) is 0 Å². The topological polar surface area (TPSA) is 20.9 Å². The summed E-state index contributed by atoms with van der Waals surface area (Å²) in [5.74, 6) is -0.484. The monoisotopic (exact) mass is 1140 g/mol. The highest BCUT2D eigenvalue weighted by Crippen LogP contribution is 2.41. The number of halogens is 25. The van der Waals surface area contributed by atoms with Gasteiger partial charge in [0.2, 0.25) is 0 Å². The van der Waals surface area contributed by atoms with Gasteiger partial charge < -0.3 is 0 Å². The van der Waals surface area contributed by atoms with Crippen molar-refractivity contribution in [3.63, 3.8) is 0 Å². The molecule has 0 amide bonds. The molecule has 0 bridgehead atoms. The first kappa shape index (κ1) is 60.0. The van der Waals surface area contributed by atoms with E-state index in [2.05, 4.69) is 0 Å². The molecule has 1 aromatic heterocycles. The molecule has 0 aliphatic carbocycles. The van der Waals surface area contributed by atoms with Gasteiger partial charge in [-0.05, 0) is 35.7 Å². The number of rotatable bonds is 8. The number of hydrogen-bond donors (Lipinski definition) is 0.